The normalized spacial score (nSPS) is 10.7. The number of amidine groups is 1. The Balaban J connectivity index is 2.10. The van der Waals surface area contributed by atoms with E-state index in [1.807, 2.05) is 43.3 Å². The Hall–Kier alpha value is -2.69. The number of benzene rings is 2. The maximum atomic E-state index is 7.32. The van der Waals surface area contributed by atoms with Gasteiger partial charge in [-0.2, -0.15) is 10.2 Å². The molecule has 20 heavy (non-hydrogen) atoms. The van der Waals surface area contributed by atoms with E-state index in [4.69, 9.17) is 11.1 Å². The molecule has 0 heterocycles. The Morgan fingerprint density at radius 2 is 1.35 bits per heavy atom. The third-order valence-corrected chi connectivity index (χ3v) is 2.83. The van der Waals surface area contributed by atoms with Crippen molar-refractivity contribution in [3.05, 3.63) is 54.1 Å². The van der Waals surface area contributed by atoms with Gasteiger partial charge in [-0.1, -0.05) is 0 Å². The number of hydrogen-bond donors (Lipinski definition) is 2. The lowest BCUT2D eigenvalue weighted by Gasteiger charge is -2.11. The summed E-state index contributed by atoms with van der Waals surface area (Å²) in [5, 5.41) is 15.6. The number of nitrogen functional groups attached to an aromatic ring is 1. The number of nitrogens with two attached hydrogens (primary N) is 1. The van der Waals surface area contributed by atoms with E-state index in [1.165, 1.54) is 0 Å². The minimum absolute atomic E-state index is 0.0489. The van der Waals surface area contributed by atoms with Gasteiger partial charge in [-0.15, -0.1) is 0 Å². The van der Waals surface area contributed by atoms with Gasteiger partial charge in [-0.3, -0.25) is 5.41 Å². The summed E-state index contributed by atoms with van der Waals surface area (Å²) in [6.45, 7) is 0. The first-order valence-electron chi connectivity index (χ1n) is 6.20. The van der Waals surface area contributed by atoms with Crippen LogP contribution in [-0.4, -0.2) is 19.9 Å². The van der Waals surface area contributed by atoms with E-state index in [0.717, 1.165) is 17.1 Å². The molecule has 5 heteroatoms. The lowest BCUT2D eigenvalue weighted by Crippen LogP contribution is -2.10. The Kier molecular flexibility index (Phi) is 4.10. The second kappa shape index (κ2) is 5.97. The second-order valence-electron chi connectivity index (χ2n) is 4.57. The van der Waals surface area contributed by atoms with Gasteiger partial charge in [-0.05, 0) is 48.5 Å². The molecule has 0 fully saturated rings. The molecule has 2 aromatic carbocycles. The highest BCUT2D eigenvalue weighted by molar-refractivity contribution is 5.95. The highest BCUT2D eigenvalue weighted by Crippen LogP contribution is 2.21. The molecule has 0 bridgehead atoms. The van der Waals surface area contributed by atoms with Crippen molar-refractivity contribution in [2.45, 2.75) is 0 Å². The van der Waals surface area contributed by atoms with E-state index in [2.05, 4.69) is 10.2 Å². The quantitative estimate of drug-likeness (QED) is 0.505. The van der Waals surface area contributed by atoms with Crippen molar-refractivity contribution in [2.24, 2.45) is 16.0 Å². The van der Waals surface area contributed by atoms with E-state index in [9.17, 15) is 0 Å². The Morgan fingerprint density at radius 3 is 1.75 bits per heavy atom. The average Bonchev–Trinajstić information content (AvgIpc) is 2.46. The van der Waals surface area contributed by atoms with Gasteiger partial charge in [0, 0.05) is 25.3 Å². The minimum atomic E-state index is 0.0489. The van der Waals surface area contributed by atoms with Crippen molar-refractivity contribution in [3.63, 3.8) is 0 Å². The number of azo groups is 1. The van der Waals surface area contributed by atoms with Crippen LogP contribution in [0.4, 0.5) is 17.1 Å². The maximum absolute atomic E-state index is 7.32. The first-order valence-corrected chi connectivity index (χ1v) is 6.20. The smallest absolute Gasteiger partial charge is 0.122 e. The van der Waals surface area contributed by atoms with E-state index in [1.54, 1.807) is 24.3 Å². The molecule has 0 atom stereocenters. The van der Waals surface area contributed by atoms with Gasteiger partial charge in [0.15, 0.2) is 0 Å². The highest BCUT2D eigenvalue weighted by Gasteiger charge is 1.97. The zero-order chi connectivity index (χ0) is 14.5. The predicted octanol–water partition coefficient (Wildman–Crippen LogP) is 3.45. The van der Waals surface area contributed by atoms with E-state index >= 15 is 0 Å². The summed E-state index contributed by atoms with van der Waals surface area (Å²) in [5.41, 5.74) is 8.72. The summed E-state index contributed by atoms with van der Waals surface area (Å²) in [5.74, 6) is 0.0489. The third kappa shape index (κ3) is 3.41. The van der Waals surface area contributed by atoms with Crippen LogP contribution in [0.1, 0.15) is 5.56 Å². The van der Waals surface area contributed by atoms with E-state index in [-0.39, 0.29) is 5.84 Å². The van der Waals surface area contributed by atoms with Crippen molar-refractivity contribution in [2.75, 3.05) is 19.0 Å². The van der Waals surface area contributed by atoms with Crippen LogP contribution in [0.5, 0.6) is 0 Å². The van der Waals surface area contributed by atoms with Gasteiger partial charge >= 0.3 is 0 Å². The molecule has 0 aliphatic carbocycles. The largest absolute Gasteiger partial charge is 0.384 e. The summed E-state index contributed by atoms with van der Waals surface area (Å²) >= 11 is 0. The highest BCUT2D eigenvalue weighted by atomic mass is 15.1. The molecule has 0 unspecified atom stereocenters. The molecule has 0 aliphatic rings. The summed E-state index contributed by atoms with van der Waals surface area (Å²) in [6.07, 6.45) is 0. The van der Waals surface area contributed by atoms with Crippen LogP contribution in [0.3, 0.4) is 0 Å². The summed E-state index contributed by atoms with van der Waals surface area (Å²) in [7, 11) is 3.99. The van der Waals surface area contributed by atoms with Gasteiger partial charge in [0.05, 0.1) is 11.4 Å². The fourth-order valence-corrected chi connectivity index (χ4v) is 1.64. The number of nitrogens with one attached hydrogen (secondary N) is 1. The van der Waals surface area contributed by atoms with Gasteiger partial charge in [0.2, 0.25) is 0 Å². The second-order valence-corrected chi connectivity index (χ2v) is 4.57. The van der Waals surface area contributed by atoms with Gasteiger partial charge < -0.3 is 10.6 Å². The zero-order valence-corrected chi connectivity index (χ0v) is 11.5. The van der Waals surface area contributed by atoms with Crippen LogP contribution >= 0.6 is 0 Å². The molecule has 0 amide bonds. The molecule has 2 aromatic rings. The van der Waals surface area contributed by atoms with Gasteiger partial charge in [0.1, 0.15) is 5.84 Å². The van der Waals surface area contributed by atoms with Crippen molar-refractivity contribution >= 4 is 22.9 Å². The van der Waals surface area contributed by atoms with Gasteiger partial charge in [-0.25, -0.2) is 0 Å². The topological polar surface area (TPSA) is 77.8 Å². The van der Waals surface area contributed by atoms with Crippen LogP contribution in [0.15, 0.2) is 58.8 Å². The lowest BCUT2D eigenvalue weighted by molar-refractivity contribution is 1.13. The molecule has 0 aromatic heterocycles. The molecule has 0 saturated heterocycles. The molecule has 102 valence electrons. The molecule has 0 spiro atoms. The van der Waals surface area contributed by atoms with Crippen LogP contribution in [0.2, 0.25) is 0 Å². The Morgan fingerprint density at radius 1 is 0.900 bits per heavy atom. The number of rotatable bonds is 4. The third-order valence-electron chi connectivity index (χ3n) is 2.83. The number of hydrogen-bond acceptors (Lipinski definition) is 4. The van der Waals surface area contributed by atoms with Crippen LogP contribution in [-0.2, 0) is 0 Å². The lowest BCUT2D eigenvalue weighted by atomic mass is 10.2. The number of nitrogens with zero attached hydrogens (tertiary/aromatic N) is 3. The van der Waals surface area contributed by atoms with Crippen molar-refractivity contribution in [3.8, 4) is 0 Å². The molecule has 2 rings (SSSR count). The molecular weight excluding hydrogens is 250 g/mol. The molecule has 0 saturated carbocycles. The van der Waals surface area contributed by atoms with Gasteiger partial charge in [0.25, 0.3) is 0 Å². The molecular formula is C15H17N5. The van der Waals surface area contributed by atoms with Crippen molar-refractivity contribution in [1.29, 1.82) is 5.41 Å². The maximum Gasteiger partial charge on any atom is 0.122 e. The predicted molar refractivity (Wildman–Crippen MR) is 82.4 cm³/mol. The first kappa shape index (κ1) is 13.7. The summed E-state index contributed by atoms with van der Waals surface area (Å²) in [6, 6.07) is 14.9. The minimum Gasteiger partial charge on any atom is -0.384 e. The molecule has 5 nitrogen and oxygen atoms in total. The van der Waals surface area contributed by atoms with Crippen LogP contribution in [0, 0.1) is 5.41 Å². The fraction of sp³-hybridized carbons (Fsp3) is 0.133. The average molecular weight is 267 g/mol. The molecule has 3 N–H and O–H groups in total. The molecule has 0 radical (unpaired) electrons. The monoisotopic (exact) mass is 267 g/mol. The van der Waals surface area contributed by atoms with Crippen LogP contribution in [0.25, 0.3) is 0 Å². The van der Waals surface area contributed by atoms with Crippen molar-refractivity contribution in [1.82, 2.24) is 0 Å². The van der Waals surface area contributed by atoms with Crippen molar-refractivity contribution < 1.29 is 0 Å². The standard InChI is InChI=1S/C15H17N5/c1-20(2)14-9-7-13(8-10-14)19-18-12-5-3-11(4-6-12)15(16)17/h3-10H,1-2H3,(H3,16,17). The fourth-order valence-electron chi connectivity index (χ4n) is 1.64. The Bertz CT molecular complexity index is 612. The van der Waals surface area contributed by atoms with E-state index in [0.29, 0.717) is 5.56 Å². The first-order chi connectivity index (χ1) is 9.56. The summed E-state index contributed by atoms with van der Waals surface area (Å²) in [4.78, 5) is 2.03. The Labute approximate surface area is 118 Å². The zero-order valence-electron chi connectivity index (χ0n) is 11.5. The SMILES string of the molecule is CN(C)c1ccc(N=Nc2ccc(C(=N)N)cc2)cc1. The number of anilines is 1. The van der Waals surface area contributed by atoms with Crippen LogP contribution < -0.4 is 10.6 Å². The summed E-state index contributed by atoms with van der Waals surface area (Å²) < 4.78 is 0. The van der Waals surface area contributed by atoms with E-state index < -0.39 is 0 Å². The molecule has 0 aliphatic heterocycles.